The predicted octanol–water partition coefficient (Wildman–Crippen LogP) is 4.04. The molecule has 3 unspecified atom stereocenters. The van der Waals surface area contributed by atoms with Crippen molar-refractivity contribution in [3.05, 3.63) is 71.3 Å². The lowest BCUT2D eigenvalue weighted by atomic mass is 10.0. The Hall–Kier alpha value is -1.68. The van der Waals surface area contributed by atoms with Crippen LogP contribution in [0.2, 0.25) is 0 Å². The molecule has 2 N–H and O–H groups in total. The van der Waals surface area contributed by atoms with Gasteiger partial charge in [0.1, 0.15) is 0 Å². The number of aliphatic hydroxyl groups is 1. The first-order valence-electron chi connectivity index (χ1n) is 8.77. The lowest BCUT2D eigenvalue weighted by molar-refractivity contribution is -0.00276. The SMILES string of the molecule is CCc1ccc(C(C)NCC(O)COC(C)c2ccccc2)cc1. The van der Waals surface area contributed by atoms with Gasteiger partial charge in [0.05, 0.1) is 18.8 Å². The van der Waals surface area contributed by atoms with Gasteiger partial charge in [0.15, 0.2) is 0 Å². The molecule has 0 radical (unpaired) electrons. The highest BCUT2D eigenvalue weighted by Gasteiger charge is 2.12. The zero-order chi connectivity index (χ0) is 17.4. The molecule has 0 heterocycles. The lowest BCUT2D eigenvalue weighted by Gasteiger charge is -2.20. The third kappa shape index (κ3) is 5.75. The van der Waals surface area contributed by atoms with Gasteiger partial charge < -0.3 is 15.2 Å². The summed E-state index contributed by atoms with van der Waals surface area (Å²) in [6.45, 7) is 7.11. The highest BCUT2D eigenvalue weighted by Crippen LogP contribution is 2.16. The van der Waals surface area contributed by atoms with Crippen molar-refractivity contribution in [2.75, 3.05) is 13.2 Å². The molecule has 0 aliphatic heterocycles. The number of hydrogen-bond donors (Lipinski definition) is 2. The van der Waals surface area contributed by atoms with Crippen molar-refractivity contribution < 1.29 is 9.84 Å². The molecule has 0 aromatic heterocycles. The van der Waals surface area contributed by atoms with E-state index in [4.69, 9.17) is 4.74 Å². The summed E-state index contributed by atoms with van der Waals surface area (Å²) < 4.78 is 5.77. The Balaban J connectivity index is 1.73. The summed E-state index contributed by atoms with van der Waals surface area (Å²) in [6, 6.07) is 18.9. The molecule has 0 fully saturated rings. The first-order valence-corrected chi connectivity index (χ1v) is 8.77. The molecule has 24 heavy (non-hydrogen) atoms. The molecule has 2 aromatic carbocycles. The van der Waals surface area contributed by atoms with E-state index in [1.165, 1.54) is 11.1 Å². The van der Waals surface area contributed by atoms with E-state index in [-0.39, 0.29) is 12.1 Å². The molecule has 2 aromatic rings. The first kappa shape index (κ1) is 18.7. The molecule has 3 heteroatoms. The Morgan fingerprint density at radius 2 is 1.62 bits per heavy atom. The summed E-state index contributed by atoms with van der Waals surface area (Å²) in [5.41, 5.74) is 3.70. The van der Waals surface area contributed by atoms with Crippen molar-refractivity contribution in [2.45, 2.75) is 45.4 Å². The van der Waals surface area contributed by atoms with Gasteiger partial charge in [0.2, 0.25) is 0 Å². The van der Waals surface area contributed by atoms with Crippen molar-refractivity contribution >= 4 is 0 Å². The second kappa shape index (κ2) is 9.58. The number of hydrogen-bond acceptors (Lipinski definition) is 3. The van der Waals surface area contributed by atoms with E-state index in [9.17, 15) is 5.11 Å². The molecule has 0 amide bonds. The summed E-state index contributed by atoms with van der Waals surface area (Å²) in [4.78, 5) is 0. The minimum Gasteiger partial charge on any atom is -0.389 e. The van der Waals surface area contributed by atoms with E-state index in [1.54, 1.807) is 0 Å². The van der Waals surface area contributed by atoms with Gasteiger partial charge >= 0.3 is 0 Å². The zero-order valence-corrected chi connectivity index (χ0v) is 14.9. The maximum atomic E-state index is 10.1. The molecular formula is C21H29NO2. The highest BCUT2D eigenvalue weighted by molar-refractivity contribution is 5.24. The molecule has 0 saturated carbocycles. The average Bonchev–Trinajstić information content (AvgIpc) is 2.64. The number of benzene rings is 2. The minimum absolute atomic E-state index is 0.0140. The number of aliphatic hydroxyl groups excluding tert-OH is 1. The summed E-state index contributed by atoms with van der Waals surface area (Å²) >= 11 is 0. The van der Waals surface area contributed by atoms with Crippen LogP contribution in [0.1, 0.15) is 49.6 Å². The van der Waals surface area contributed by atoms with Crippen molar-refractivity contribution in [2.24, 2.45) is 0 Å². The molecule has 3 nitrogen and oxygen atoms in total. The molecule has 0 saturated heterocycles. The van der Waals surface area contributed by atoms with Crippen molar-refractivity contribution in [1.82, 2.24) is 5.32 Å². The van der Waals surface area contributed by atoms with Crippen LogP contribution in [0.3, 0.4) is 0 Å². The van der Waals surface area contributed by atoms with Gasteiger partial charge in [-0.1, -0.05) is 61.5 Å². The molecular weight excluding hydrogens is 298 g/mol. The quantitative estimate of drug-likeness (QED) is 0.730. The van der Waals surface area contributed by atoms with Crippen LogP contribution in [0.25, 0.3) is 0 Å². The smallest absolute Gasteiger partial charge is 0.0898 e. The number of ether oxygens (including phenoxy) is 1. The van der Waals surface area contributed by atoms with Crippen LogP contribution in [0.15, 0.2) is 54.6 Å². The van der Waals surface area contributed by atoms with Crippen LogP contribution in [-0.4, -0.2) is 24.4 Å². The summed E-state index contributed by atoms with van der Waals surface area (Å²) in [7, 11) is 0. The second-order valence-corrected chi connectivity index (χ2v) is 6.27. The second-order valence-electron chi connectivity index (χ2n) is 6.27. The normalized spacial score (nSPS) is 15.0. The number of aryl methyl sites for hydroxylation is 1. The fourth-order valence-electron chi connectivity index (χ4n) is 2.61. The van der Waals surface area contributed by atoms with Crippen LogP contribution >= 0.6 is 0 Å². The van der Waals surface area contributed by atoms with E-state index >= 15 is 0 Å². The predicted molar refractivity (Wildman–Crippen MR) is 99.1 cm³/mol. The van der Waals surface area contributed by atoms with Crippen LogP contribution in [0.5, 0.6) is 0 Å². The van der Waals surface area contributed by atoms with Crippen molar-refractivity contribution in [3.63, 3.8) is 0 Å². The fourth-order valence-corrected chi connectivity index (χ4v) is 2.61. The molecule has 3 atom stereocenters. The Bertz CT molecular complexity index is 583. The Kier molecular flexibility index (Phi) is 7.44. The maximum absolute atomic E-state index is 10.1. The molecule has 0 aliphatic rings. The molecule has 130 valence electrons. The van der Waals surface area contributed by atoms with Gasteiger partial charge in [-0.15, -0.1) is 0 Å². The van der Waals surface area contributed by atoms with Gasteiger partial charge in [-0.2, -0.15) is 0 Å². The zero-order valence-electron chi connectivity index (χ0n) is 14.9. The highest BCUT2D eigenvalue weighted by atomic mass is 16.5. The molecule has 2 rings (SSSR count). The van der Waals surface area contributed by atoms with E-state index in [0.29, 0.717) is 13.2 Å². The third-order valence-electron chi connectivity index (χ3n) is 4.36. The van der Waals surface area contributed by atoms with Gasteiger partial charge in [0.25, 0.3) is 0 Å². The van der Waals surface area contributed by atoms with Gasteiger partial charge in [-0.05, 0) is 37.0 Å². The average molecular weight is 327 g/mol. The molecule has 0 bridgehead atoms. The summed E-state index contributed by atoms with van der Waals surface area (Å²) in [6.07, 6.45) is 0.519. The van der Waals surface area contributed by atoms with Gasteiger partial charge in [-0.25, -0.2) is 0 Å². The summed E-state index contributed by atoms with van der Waals surface area (Å²) in [5, 5.41) is 13.5. The molecule has 0 aliphatic carbocycles. The Morgan fingerprint density at radius 3 is 2.25 bits per heavy atom. The van der Waals surface area contributed by atoms with E-state index in [0.717, 1.165) is 12.0 Å². The van der Waals surface area contributed by atoms with Crippen molar-refractivity contribution in [1.29, 1.82) is 0 Å². The van der Waals surface area contributed by atoms with Crippen LogP contribution < -0.4 is 5.32 Å². The third-order valence-corrected chi connectivity index (χ3v) is 4.36. The molecule has 0 spiro atoms. The van der Waals surface area contributed by atoms with Gasteiger partial charge in [0, 0.05) is 12.6 Å². The van der Waals surface area contributed by atoms with E-state index in [1.807, 2.05) is 37.3 Å². The van der Waals surface area contributed by atoms with Crippen LogP contribution in [-0.2, 0) is 11.2 Å². The monoisotopic (exact) mass is 327 g/mol. The van der Waals surface area contributed by atoms with E-state index in [2.05, 4.69) is 43.4 Å². The Labute approximate surface area is 145 Å². The van der Waals surface area contributed by atoms with Gasteiger partial charge in [-0.3, -0.25) is 0 Å². The lowest BCUT2D eigenvalue weighted by Crippen LogP contribution is -2.32. The fraction of sp³-hybridized carbons (Fsp3) is 0.429. The first-order chi connectivity index (χ1) is 11.6. The number of nitrogens with one attached hydrogen (secondary N) is 1. The Morgan fingerprint density at radius 1 is 0.958 bits per heavy atom. The van der Waals surface area contributed by atoms with E-state index < -0.39 is 6.10 Å². The summed E-state index contributed by atoms with van der Waals surface area (Å²) in [5.74, 6) is 0. The minimum atomic E-state index is -0.520. The van der Waals surface area contributed by atoms with Crippen LogP contribution in [0, 0.1) is 0 Å². The standard InChI is InChI=1S/C21H29NO2/c1-4-18-10-12-19(13-11-18)16(2)22-14-21(23)15-24-17(3)20-8-6-5-7-9-20/h5-13,16-17,21-23H,4,14-15H2,1-3H3. The largest absolute Gasteiger partial charge is 0.389 e. The maximum Gasteiger partial charge on any atom is 0.0898 e. The van der Waals surface area contributed by atoms with Crippen molar-refractivity contribution in [3.8, 4) is 0 Å². The number of rotatable bonds is 9. The van der Waals surface area contributed by atoms with Crippen LogP contribution in [0.4, 0.5) is 0 Å². The topological polar surface area (TPSA) is 41.5 Å².